The summed E-state index contributed by atoms with van der Waals surface area (Å²) in [6.07, 6.45) is 0.654. The summed E-state index contributed by atoms with van der Waals surface area (Å²) in [6.45, 7) is 14.5. The van der Waals surface area contributed by atoms with Gasteiger partial charge < -0.3 is 4.74 Å². The summed E-state index contributed by atoms with van der Waals surface area (Å²) >= 11 is 0. The molecule has 0 bridgehead atoms. The van der Waals surface area contributed by atoms with Gasteiger partial charge in [0.1, 0.15) is 0 Å². The number of hydrogen-bond acceptors (Lipinski definition) is 2. The number of ether oxygens (including phenoxy) is 1. The smallest absolute Gasteiger partial charge is 0.333 e. The third-order valence-electron chi connectivity index (χ3n) is 2.85. The topological polar surface area (TPSA) is 26.3 Å². The summed E-state index contributed by atoms with van der Waals surface area (Å²) in [5.41, 5.74) is 0.577. The number of carbonyl (C=O) groups excluding carboxylic acids is 1. The van der Waals surface area contributed by atoms with Crippen LogP contribution in [0.2, 0.25) is 0 Å². The van der Waals surface area contributed by atoms with Crippen molar-refractivity contribution < 1.29 is 9.53 Å². The summed E-state index contributed by atoms with van der Waals surface area (Å²) in [4.78, 5) is 11.3. The number of carbonyl (C=O) groups is 1. The zero-order valence-electron chi connectivity index (χ0n) is 10.0. The van der Waals surface area contributed by atoms with Crippen molar-refractivity contribution in [2.75, 3.05) is 6.61 Å². The van der Waals surface area contributed by atoms with Crippen LogP contribution in [0.15, 0.2) is 12.2 Å². The molecule has 2 heteroatoms. The lowest BCUT2D eigenvalue weighted by atomic mass is 9.82. The van der Waals surface area contributed by atoms with Gasteiger partial charge in [-0.1, -0.05) is 41.2 Å². The van der Waals surface area contributed by atoms with Crippen LogP contribution in [0.4, 0.5) is 0 Å². The molecule has 0 N–H and O–H groups in total. The summed E-state index contributed by atoms with van der Waals surface area (Å²) < 4.78 is 5.18. The van der Waals surface area contributed by atoms with Crippen molar-refractivity contribution in [1.29, 1.82) is 0 Å². The van der Waals surface area contributed by atoms with Crippen LogP contribution in [-0.4, -0.2) is 12.6 Å². The van der Waals surface area contributed by atoms with E-state index >= 15 is 0 Å². The minimum absolute atomic E-state index is 0.0314. The van der Waals surface area contributed by atoms with E-state index < -0.39 is 0 Å². The van der Waals surface area contributed by atoms with Crippen molar-refractivity contribution in [2.24, 2.45) is 11.3 Å². The predicted octanol–water partition coefficient (Wildman–Crippen LogP) is 3.18. The Balaban J connectivity index is 4.06. The van der Waals surface area contributed by atoms with Gasteiger partial charge in [-0.25, -0.2) is 4.79 Å². The van der Waals surface area contributed by atoms with Gasteiger partial charge >= 0.3 is 5.97 Å². The lowest BCUT2D eigenvalue weighted by Gasteiger charge is -2.28. The highest BCUT2D eigenvalue weighted by Crippen LogP contribution is 2.26. The molecule has 0 aromatic heterocycles. The van der Waals surface area contributed by atoms with E-state index in [4.69, 9.17) is 4.74 Å². The molecular formula is C12H22O2. The lowest BCUT2D eigenvalue weighted by Crippen LogP contribution is -2.27. The summed E-state index contributed by atoms with van der Waals surface area (Å²) in [5, 5.41) is 0. The first-order valence-corrected chi connectivity index (χ1v) is 5.16. The van der Waals surface area contributed by atoms with Gasteiger partial charge in [0.15, 0.2) is 0 Å². The molecule has 0 fully saturated rings. The van der Waals surface area contributed by atoms with Gasteiger partial charge in [-0.15, -0.1) is 0 Å². The van der Waals surface area contributed by atoms with E-state index in [1.54, 1.807) is 0 Å². The number of rotatable bonds is 5. The fraction of sp³-hybridized carbons (Fsp3) is 0.750. The van der Waals surface area contributed by atoms with E-state index in [2.05, 4.69) is 34.3 Å². The van der Waals surface area contributed by atoms with E-state index in [-0.39, 0.29) is 11.4 Å². The molecule has 0 aliphatic carbocycles. The van der Waals surface area contributed by atoms with Crippen LogP contribution < -0.4 is 0 Å². The Bertz CT molecular complexity index is 214. The van der Waals surface area contributed by atoms with Gasteiger partial charge in [0.05, 0.1) is 6.61 Å². The average molecular weight is 198 g/mol. The Morgan fingerprint density at radius 2 is 1.93 bits per heavy atom. The first-order valence-electron chi connectivity index (χ1n) is 5.16. The number of hydrogen-bond donors (Lipinski definition) is 0. The summed E-state index contributed by atoms with van der Waals surface area (Å²) in [5.74, 6) is 0.228. The zero-order chi connectivity index (χ0) is 11.4. The van der Waals surface area contributed by atoms with E-state index in [9.17, 15) is 4.79 Å². The molecule has 0 aromatic carbocycles. The average Bonchev–Trinajstić information content (AvgIpc) is 2.12. The third kappa shape index (κ3) is 3.95. The fourth-order valence-electron chi connectivity index (χ4n) is 0.665. The molecule has 0 unspecified atom stereocenters. The molecule has 0 aromatic rings. The highest BCUT2D eigenvalue weighted by Gasteiger charge is 2.24. The molecule has 0 atom stereocenters. The van der Waals surface area contributed by atoms with Gasteiger partial charge in [0.2, 0.25) is 0 Å². The molecule has 0 spiro atoms. The SMILES string of the molecule is C=C(CC)C(=O)OCC(C)(C)C(C)C. The molecule has 0 aliphatic rings. The minimum Gasteiger partial charge on any atom is -0.462 e. The second-order valence-electron chi connectivity index (χ2n) is 4.68. The molecule has 0 amide bonds. The summed E-state index contributed by atoms with van der Waals surface area (Å²) in [7, 11) is 0. The van der Waals surface area contributed by atoms with E-state index in [1.165, 1.54) is 0 Å². The van der Waals surface area contributed by atoms with Crippen molar-refractivity contribution >= 4 is 5.97 Å². The van der Waals surface area contributed by atoms with Gasteiger partial charge in [-0.3, -0.25) is 0 Å². The molecule has 0 saturated heterocycles. The minimum atomic E-state index is -0.263. The molecule has 0 rings (SSSR count). The van der Waals surface area contributed by atoms with Crippen LogP contribution in [0.25, 0.3) is 0 Å². The fourth-order valence-corrected chi connectivity index (χ4v) is 0.665. The molecule has 0 saturated carbocycles. The van der Waals surface area contributed by atoms with E-state index in [0.717, 1.165) is 0 Å². The quantitative estimate of drug-likeness (QED) is 0.501. The Morgan fingerprint density at radius 1 is 1.43 bits per heavy atom. The van der Waals surface area contributed by atoms with Crippen LogP contribution in [0.1, 0.15) is 41.0 Å². The largest absolute Gasteiger partial charge is 0.462 e. The predicted molar refractivity (Wildman–Crippen MR) is 59.0 cm³/mol. The highest BCUT2D eigenvalue weighted by atomic mass is 16.5. The van der Waals surface area contributed by atoms with Crippen molar-refractivity contribution in [3.63, 3.8) is 0 Å². The molecule has 82 valence electrons. The zero-order valence-corrected chi connectivity index (χ0v) is 10.0. The number of esters is 1. The van der Waals surface area contributed by atoms with Gasteiger partial charge in [-0.2, -0.15) is 0 Å². The maximum absolute atomic E-state index is 11.3. The van der Waals surface area contributed by atoms with Crippen LogP contribution in [0.3, 0.4) is 0 Å². The second kappa shape index (κ2) is 5.18. The molecule has 0 radical (unpaired) electrons. The lowest BCUT2D eigenvalue weighted by molar-refractivity contribution is -0.143. The van der Waals surface area contributed by atoms with Gasteiger partial charge in [0, 0.05) is 11.0 Å². The monoisotopic (exact) mass is 198 g/mol. The molecule has 0 heterocycles. The molecular weight excluding hydrogens is 176 g/mol. The summed E-state index contributed by atoms with van der Waals surface area (Å²) in [6, 6.07) is 0. The van der Waals surface area contributed by atoms with Crippen LogP contribution >= 0.6 is 0 Å². The highest BCUT2D eigenvalue weighted by molar-refractivity contribution is 5.87. The van der Waals surface area contributed by atoms with Crippen LogP contribution in [0, 0.1) is 11.3 Å². The second-order valence-corrected chi connectivity index (χ2v) is 4.68. The van der Waals surface area contributed by atoms with E-state index in [1.807, 2.05) is 6.92 Å². The van der Waals surface area contributed by atoms with Crippen LogP contribution in [-0.2, 0) is 9.53 Å². The first-order chi connectivity index (χ1) is 6.31. The third-order valence-corrected chi connectivity index (χ3v) is 2.85. The maximum Gasteiger partial charge on any atom is 0.333 e. The first kappa shape index (κ1) is 13.2. The molecule has 14 heavy (non-hydrogen) atoms. The Morgan fingerprint density at radius 3 is 2.29 bits per heavy atom. The maximum atomic E-state index is 11.3. The van der Waals surface area contributed by atoms with Gasteiger partial charge in [-0.05, 0) is 12.3 Å². The Hall–Kier alpha value is -0.790. The Kier molecular flexibility index (Phi) is 4.89. The van der Waals surface area contributed by atoms with Crippen molar-refractivity contribution in [3.8, 4) is 0 Å². The van der Waals surface area contributed by atoms with Crippen molar-refractivity contribution in [1.82, 2.24) is 0 Å². The van der Waals surface area contributed by atoms with Crippen LogP contribution in [0.5, 0.6) is 0 Å². The normalized spacial score (nSPS) is 11.6. The standard InChI is InChI=1S/C12H22O2/c1-7-10(4)11(13)14-8-12(5,6)9(2)3/h9H,4,7-8H2,1-3,5-6H3. The van der Waals surface area contributed by atoms with E-state index in [0.29, 0.717) is 24.5 Å². The van der Waals surface area contributed by atoms with Gasteiger partial charge in [0.25, 0.3) is 0 Å². The molecule has 0 aliphatic heterocycles. The molecule has 2 nitrogen and oxygen atoms in total. The van der Waals surface area contributed by atoms with Crippen molar-refractivity contribution in [3.05, 3.63) is 12.2 Å². The Labute approximate surface area is 87.3 Å². The van der Waals surface area contributed by atoms with Crippen molar-refractivity contribution in [2.45, 2.75) is 41.0 Å².